The van der Waals surface area contributed by atoms with E-state index < -0.39 is 129 Å². The van der Waals surface area contributed by atoms with Crippen molar-refractivity contribution < 1.29 is 86.8 Å². The molecule has 374 valence electrons. The van der Waals surface area contributed by atoms with Gasteiger partial charge < -0.3 is 82.1 Å². The molecule has 5 heterocycles. The minimum absolute atomic E-state index is 0.114. The molecule has 1 aromatic rings. The molecule has 0 unspecified atom stereocenters. The number of ketones is 1. The summed E-state index contributed by atoms with van der Waals surface area (Å²) in [7, 11) is 4.76. The van der Waals surface area contributed by atoms with Crippen molar-refractivity contribution in [2.45, 2.75) is 215 Å². The van der Waals surface area contributed by atoms with Gasteiger partial charge in [0.25, 0.3) is 0 Å². The van der Waals surface area contributed by atoms with E-state index in [9.17, 15) is 30.3 Å². The van der Waals surface area contributed by atoms with Crippen LogP contribution in [0.2, 0.25) is 0 Å². The molecule has 6 fully saturated rings. The van der Waals surface area contributed by atoms with Gasteiger partial charge in [-0.15, -0.1) is 0 Å². The Morgan fingerprint density at radius 2 is 1.27 bits per heavy atom. The molecule has 1 aromatic heterocycles. The number of ether oxygens (including phenoxy) is 11. The fourth-order valence-electron chi connectivity index (χ4n) is 12.4. The first kappa shape index (κ1) is 50.4. The smallest absolute Gasteiger partial charge is 0.187 e. The molecule has 4 aliphatic heterocycles. The zero-order valence-corrected chi connectivity index (χ0v) is 39.8. The summed E-state index contributed by atoms with van der Waals surface area (Å²) in [6.07, 6.45) is -7.03. The summed E-state index contributed by atoms with van der Waals surface area (Å²) < 4.78 is 73.8. The normalized spacial score (nSPS) is 48.9. The Morgan fingerprint density at radius 3 is 1.79 bits per heavy atom. The minimum Gasteiger partial charge on any atom is -0.469 e. The number of aliphatic hydroxyl groups excluding tert-OH is 5. The van der Waals surface area contributed by atoms with Crippen molar-refractivity contribution >= 4 is 5.78 Å². The van der Waals surface area contributed by atoms with Crippen molar-refractivity contribution in [2.75, 3.05) is 27.9 Å². The van der Waals surface area contributed by atoms with E-state index in [2.05, 4.69) is 19.9 Å². The molecule has 0 spiro atoms. The Labute approximate surface area is 387 Å². The van der Waals surface area contributed by atoms with Crippen LogP contribution in [0.15, 0.2) is 28.4 Å². The van der Waals surface area contributed by atoms with Crippen LogP contribution in [0.1, 0.15) is 97.3 Å². The van der Waals surface area contributed by atoms with Gasteiger partial charge in [-0.05, 0) is 84.1 Å². The predicted molar refractivity (Wildman–Crippen MR) is 231 cm³/mol. The van der Waals surface area contributed by atoms with E-state index in [-0.39, 0.29) is 29.5 Å². The van der Waals surface area contributed by atoms with E-state index >= 15 is 0 Å². The molecular formula is C48H74O18. The number of furan rings is 1. The van der Waals surface area contributed by atoms with E-state index in [1.54, 1.807) is 27.4 Å². The van der Waals surface area contributed by atoms with Crippen LogP contribution >= 0.6 is 0 Å². The van der Waals surface area contributed by atoms with E-state index in [4.69, 9.17) is 56.5 Å². The largest absolute Gasteiger partial charge is 0.469 e. The van der Waals surface area contributed by atoms with E-state index in [1.807, 2.05) is 26.8 Å². The van der Waals surface area contributed by atoms with E-state index in [1.165, 1.54) is 12.7 Å². The van der Waals surface area contributed by atoms with Gasteiger partial charge >= 0.3 is 0 Å². The second kappa shape index (κ2) is 20.4. The predicted octanol–water partition coefficient (Wildman–Crippen LogP) is 2.72. The first-order chi connectivity index (χ1) is 31.4. The van der Waals surface area contributed by atoms with Crippen LogP contribution < -0.4 is 0 Å². The third kappa shape index (κ3) is 9.50. The molecule has 18 nitrogen and oxygen atoms in total. The van der Waals surface area contributed by atoms with Gasteiger partial charge in [-0.1, -0.05) is 18.6 Å². The molecule has 2 saturated carbocycles. The molecule has 4 saturated heterocycles. The monoisotopic (exact) mass is 938 g/mol. The number of allylic oxidation sites excluding steroid dienone is 1. The second-order valence-corrected chi connectivity index (χ2v) is 20.2. The highest BCUT2D eigenvalue weighted by Gasteiger charge is 2.58. The summed E-state index contributed by atoms with van der Waals surface area (Å²) in [5, 5.41) is 52.4. The van der Waals surface area contributed by atoms with Crippen molar-refractivity contribution in [3.63, 3.8) is 0 Å². The molecule has 8 rings (SSSR count). The number of carbonyl (C=O) groups excluding carboxylic acids is 1. The minimum atomic E-state index is -1.59. The molecule has 23 atom stereocenters. The molecule has 0 aromatic carbocycles. The second-order valence-electron chi connectivity index (χ2n) is 20.2. The van der Waals surface area contributed by atoms with Gasteiger partial charge in [0, 0.05) is 52.1 Å². The van der Waals surface area contributed by atoms with Crippen molar-refractivity contribution in [1.29, 1.82) is 0 Å². The lowest BCUT2D eigenvalue weighted by molar-refractivity contribution is -0.357. The Morgan fingerprint density at radius 1 is 0.727 bits per heavy atom. The number of hydrogen-bond acceptors (Lipinski definition) is 18. The maximum atomic E-state index is 14.2. The molecule has 7 aliphatic rings. The third-order valence-corrected chi connectivity index (χ3v) is 16.3. The van der Waals surface area contributed by atoms with Crippen LogP contribution in [0, 0.1) is 24.2 Å². The fraction of sp³-hybridized carbons (Fsp3) is 0.854. The summed E-state index contributed by atoms with van der Waals surface area (Å²) in [6.45, 7) is 11.2. The Hall–Kier alpha value is -1.95. The van der Waals surface area contributed by atoms with Crippen LogP contribution in [0.5, 0.6) is 0 Å². The number of aliphatic hydroxyl groups is 5. The number of carbonyl (C=O) groups is 1. The number of hydrogen-bond donors (Lipinski definition) is 5. The van der Waals surface area contributed by atoms with Gasteiger partial charge in [-0.25, -0.2) is 0 Å². The van der Waals surface area contributed by atoms with Gasteiger partial charge in [0.05, 0.1) is 67.1 Å². The third-order valence-electron chi connectivity index (χ3n) is 16.3. The first-order valence-electron chi connectivity index (χ1n) is 23.9. The van der Waals surface area contributed by atoms with Crippen LogP contribution in [-0.4, -0.2) is 176 Å². The van der Waals surface area contributed by atoms with Gasteiger partial charge in [0.15, 0.2) is 25.2 Å². The molecule has 0 amide bonds. The van der Waals surface area contributed by atoms with Gasteiger partial charge in [0.2, 0.25) is 0 Å². The van der Waals surface area contributed by atoms with Gasteiger partial charge in [-0.2, -0.15) is 0 Å². The lowest BCUT2D eigenvalue weighted by atomic mass is 9.49. The van der Waals surface area contributed by atoms with Crippen molar-refractivity contribution in [3.05, 3.63) is 35.3 Å². The molecular weight excluding hydrogens is 865 g/mol. The zero-order valence-electron chi connectivity index (χ0n) is 39.8. The summed E-state index contributed by atoms with van der Waals surface area (Å²) in [5.74, 6) is 1.09. The molecule has 3 aliphatic carbocycles. The highest BCUT2D eigenvalue weighted by Crippen LogP contribution is 2.59. The van der Waals surface area contributed by atoms with Crippen LogP contribution in [-0.2, 0) is 62.3 Å². The fourth-order valence-corrected chi connectivity index (χ4v) is 12.4. The molecule has 5 N–H and O–H groups in total. The topological polar surface area (TPSA) is 233 Å². The van der Waals surface area contributed by atoms with Gasteiger partial charge in [0.1, 0.15) is 54.3 Å². The average Bonchev–Trinajstić information content (AvgIpc) is 3.73. The Balaban J connectivity index is 0.840. The molecule has 0 radical (unpaired) electrons. The van der Waals surface area contributed by atoms with Crippen LogP contribution in [0.3, 0.4) is 0 Å². The number of methoxy groups -OCH3 is 3. The lowest BCUT2D eigenvalue weighted by Gasteiger charge is -2.55. The number of rotatable bonds is 13. The van der Waals surface area contributed by atoms with E-state index in [0.29, 0.717) is 32.1 Å². The SMILES string of the molecule is CO[C@H]1C[C@H](O[C@H]2[C@@H](OC)C[C@H](O[C@@H]3CC4=CC[C@H]5C(=O)[C@@](C)(c6ccoc6C)CC[C@@H]5[C@@]4(C)C[C@H]3O)O[C@@H]2C)O[C@H](C)[C@H]1O[C@H]1C[C@@H](OC)[C@@H](O[C@@H]2O[C@H](CO)[C@H](O)[C@H](O)[C@H]2O)[C@H](C)O1. The number of aryl methyl sites for hydroxylation is 1. The van der Waals surface area contributed by atoms with Crippen molar-refractivity contribution in [1.82, 2.24) is 0 Å². The molecule has 66 heavy (non-hydrogen) atoms. The zero-order chi connectivity index (χ0) is 47.4. The van der Waals surface area contributed by atoms with Crippen molar-refractivity contribution in [3.8, 4) is 0 Å². The highest BCUT2D eigenvalue weighted by molar-refractivity contribution is 5.93. The average molecular weight is 939 g/mol. The quantitative estimate of drug-likeness (QED) is 0.179. The Kier molecular flexibility index (Phi) is 15.6. The van der Waals surface area contributed by atoms with Crippen LogP contribution in [0.25, 0.3) is 0 Å². The Bertz CT molecular complexity index is 1820. The lowest BCUT2D eigenvalue weighted by Crippen LogP contribution is -2.62. The summed E-state index contributed by atoms with van der Waals surface area (Å²) in [6, 6.07) is 1.94. The molecule has 18 heteroatoms. The summed E-state index contributed by atoms with van der Waals surface area (Å²) >= 11 is 0. The van der Waals surface area contributed by atoms with Crippen LogP contribution in [0.4, 0.5) is 0 Å². The maximum absolute atomic E-state index is 14.2. The molecule has 0 bridgehead atoms. The summed E-state index contributed by atoms with van der Waals surface area (Å²) in [5.41, 5.74) is 1.34. The van der Waals surface area contributed by atoms with E-state index in [0.717, 1.165) is 24.2 Å². The summed E-state index contributed by atoms with van der Waals surface area (Å²) in [4.78, 5) is 14.2. The maximum Gasteiger partial charge on any atom is 0.187 e. The first-order valence-corrected chi connectivity index (χ1v) is 23.9. The van der Waals surface area contributed by atoms with Gasteiger partial charge in [-0.3, -0.25) is 4.79 Å². The highest BCUT2D eigenvalue weighted by atomic mass is 16.8. The standard InChI is InChI=1S/C48H74O18/c1-22-28(13-15-58-22)47(5)14-12-29-27(45(47)54)11-10-26-16-31(30(50)20-48(26,29)6)62-36-17-32(55-7)42(23(2)59-36)64-37-18-33(56-8)43(24(3)60-37)65-38-19-34(57-9)44(25(4)61-38)66-46-41(53)40(52)39(51)35(21-49)63-46/h10,13,15,23-25,27,29-44,46,49-53H,11-12,14,16-21H2,1-9H3/t23-,24-,25+,27-,29+,30-,31-,32+,33+,34-,35-,36+,37+,38+,39+,40+,41-,42-,43-,44+,46+,47-,48+/m1/s1. The number of fused-ring (bicyclic) bond motifs is 3. The number of Topliss-reactive ketones (excluding diaryl/α,β-unsaturated/α-hetero) is 1. The van der Waals surface area contributed by atoms with Crippen molar-refractivity contribution in [2.24, 2.45) is 17.3 Å².